The molecule has 2 N–H and O–H groups in total. The van der Waals surface area contributed by atoms with Crippen LogP contribution >= 0.6 is 15.9 Å². The minimum atomic E-state index is 0.246. The lowest BCUT2D eigenvalue weighted by Gasteiger charge is -2.10. The zero-order chi connectivity index (χ0) is 13.1. The van der Waals surface area contributed by atoms with Crippen molar-refractivity contribution < 1.29 is 4.74 Å². The molecule has 5 heteroatoms. The smallest absolute Gasteiger partial charge is 0.244 e. The average Bonchev–Trinajstić information content (AvgIpc) is 2.36. The SMILES string of the molecule is Cc1ccc(Br)cc1Oc1nccc(C#N)c1N. The van der Waals surface area contributed by atoms with E-state index >= 15 is 0 Å². The summed E-state index contributed by atoms with van der Waals surface area (Å²) in [6.45, 7) is 1.92. The standard InChI is InChI=1S/C13H10BrN3O/c1-8-2-3-10(14)6-11(8)18-13-12(16)9(7-15)4-5-17-13/h2-6H,16H2,1H3. The van der Waals surface area contributed by atoms with Crippen molar-refractivity contribution >= 4 is 21.6 Å². The van der Waals surface area contributed by atoms with E-state index in [9.17, 15) is 0 Å². The number of nitrogens with two attached hydrogens (primary N) is 1. The fraction of sp³-hybridized carbons (Fsp3) is 0.0769. The maximum atomic E-state index is 8.89. The van der Waals surface area contributed by atoms with Gasteiger partial charge in [-0.05, 0) is 30.7 Å². The number of nitrogens with zero attached hydrogens (tertiary/aromatic N) is 2. The Kier molecular flexibility index (Phi) is 3.49. The first-order chi connectivity index (χ1) is 8.61. The molecule has 0 unspecified atom stereocenters. The number of pyridine rings is 1. The summed E-state index contributed by atoms with van der Waals surface area (Å²) in [6.07, 6.45) is 1.50. The van der Waals surface area contributed by atoms with E-state index < -0.39 is 0 Å². The third-order valence-electron chi connectivity index (χ3n) is 2.43. The quantitative estimate of drug-likeness (QED) is 0.923. The second-order valence-electron chi connectivity index (χ2n) is 3.70. The van der Waals surface area contributed by atoms with Crippen molar-refractivity contribution in [3.63, 3.8) is 0 Å². The molecular weight excluding hydrogens is 294 g/mol. The second kappa shape index (κ2) is 5.07. The van der Waals surface area contributed by atoms with E-state index in [4.69, 9.17) is 15.7 Å². The molecule has 0 fully saturated rings. The lowest BCUT2D eigenvalue weighted by molar-refractivity contribution is 0.461. The normalized spacial score (nSPS) is 9.83. The van der Waals surface area contributed by atoms with Gasteiger partial charge in [0.25, 0.3) is 0 Å². The molecule has 1 aromatic heterocycles. The van der Waals surface area contributed by atoms with Crippen molar-refractivity contribution in [1.82, 2.24) is 4.98 Å². The summed E-state index contributed by atoms with van der Waals surface area (Å²) in [5, 5.41) is 8.89. The molecule has 2 rings (SSSR count). The molecule has 0 spiro atoms. The summed E-state index contributed by atoms with van der Waals surface area (Å²) in [4.78, 5) is 4.04. The fourth-order valence-corrected chi connectivity index (χ4v) is 1.76. The van der Waals surface area contributed by atoms with Gasteiger partial charge in [-0.3, -0.25) is 0 Å². The molecule has 4 nitrogen and oxygen atoms in total. The first-order valence-electron chi connectivity index (χ1n) is 5.20. The van der Waals surface area contributed by atoms with Gasteiger partial charge in [0.05, 0.1) is 5.56 Å². The van der Waals surface area contributed by atoms with Crippen LogP contribution in [0.5, 0.6) is 11.6 Å². The van der Waals surface area contributed by atoms with Crippen LogP contribution in [0.4, 0.5) is 5.69 Å². The lowest BCUT2D eigenvalue weighted by Crippen LogP contribution is -1.98. The van der Waals surface area contributed by atoms with Gasteiger partial charge >= 0.3 is 0 Å². The van der Waals surface area contributed by atoms with E-state index in [2.05, 4.69) is 20.9 Å². The fourth-order valence-electron chi connectivity index (χ4n) is 1.42. The van der Waals surface area contributed by atoms with Crippen molar-refractivity contribution in [2.45, 2.75) is 6.92 Å². The van der Waals surface area contributed by atoms with E-state index in [1.54, 1.807) is 6.07 Å². The number of anilines is 1. The van der Waals surface area contributed by atoms with Crippen molar-refractivity contribution in [3.8, 4) is 17.7 Å². The van der Waals surface area contributed by atoms with Gasteiger partial charge in [-0.2, -0.15) is 5.26 Å². The Morgan fingerprint density at radius 2 is 2.17 bits per heavy atom. The van der Waals surface area contributed by atoms with Crippen LogP contribution < -0.4 is 10.5 Å². The Morgan fingerprint density at radius 3 is 2.89 bits per heavy atom. The monoisotopic (exact) mass is 303 g/mol. The summed E-state index contributed by atoms with van der Waals surface area (Å²) < 4.78 is 6.55. The van der Waals surface area contributed by atoms with Gasteiger partial charge in [-0.25, -0.2) is 4.98 Å². The highest BCUT2D eigenvalue weighted by Gasteiger charge is 2.10. The molecule has 0 aliphatic carbocycles. The molecule has 0 atom stereocenters. The number of ether oxygens (including phenoxy) is 1. The summed E-state index contributed by atoms with van der Waals surface area (Å²) in [5.41, 5.74) is 7.37. The first-order valence-corrected chi connectivity index (χ1v) is 5.99. The van der Waals surface area contributed by atoms with E-state index in [-0.39, 0.29) is 11.6 Å². The highest BCUT2D eigenvalue weighted by molar-refractivity contribution is 9.10. The maximum Gasteiger partial charge on any atom is 0.244 e. The van der Waals surface area contributed by atoms with Crippen LogP contribution in [-0.2, 0) is 0 Å². The Bertz CT molecular complexity index is 635. The van der Waals surface area contributed by atoms with E-state index in [1.807, 2.05) is 31.2 Å². The van der Waals surface area contributed by atoms with Crippen LogP contribution in [0.15, 0.2) is 34.9 Å². The third-order valence-corrected chi connectivity index (χ3v) is 2.92. The Hall–Kier alpha value is -2.06. The topological polar surface area (TPSA) is 71.9 Å². The molecule has 2 aromatic rings. The minimum Gasteiger partial charge on any atom is -0.437 e. The first kappa shape index (κ1) is 12.4. The van der Waals surface area contributed by atoms with Gasteiger partial charge in [-0.1, -0.05) is 22.0 Å². The number of aromatic nitrogens is 1. The molecule has 1 heterocycles. The second-order valence-corrected chi connectivity index (χ2v) is 4.62. The van der Waals surface area contributed by atoms with Crippen molar-refractivity contribution in [1.29, 1.82) is 5.26 Å². The van der Waals surface area contributed by atoms with E-state index in [1.165, 1.54) is 6.20 Å². The van der Waals surface area contributed by atoms with Crippen LogP contribution in [0.2, 0.25) is 0 Å². The molecule has 18 heavy (non-hydrogen) atoms. The van der Waals surface area contributed by atoms with Gasteiger partial charge in [0, 0.05) is 10.7 Å². The molecule has 0 saturated carbocycles. The number of hydrogen-bond donors (Lipinski definition) is 1. The zero-order valence-corrected chi connectivity index (χ0v) is 11.2. The predicted octanol–water partition coefficient (Wildman–Crippen LogP) is 3.40. The van der Waals surface area contributed by atoms with Crippen LogP contribution in [0.1, 0.15) is 11.1 Å². The predicted molar refractivity (Wildman–Crippen MR) is 72.3 cm³/mol. The molecule has 0 aliphatic rings. The number of aryl methyl sites for hydroxylation is 1. The number of nitriles is 1. The molecular formula is C13H10BrN3O. The number of rotatable bonds is 2. The van der Waals surface area contributed by atoms with Crippen molar-refractivity contribution in [3.05, 3.63) is 46.1 Å². The molecule has 1 aromatic carbocycles. The third kappa shape index (κ3) is 2.44. The van der Waals surface area contributed by atoms with Gasteiger partial charge in [0.15, 0.2) is 0 Å². The summed E-state index contributed by atoms with van der Waals surface area (Å²) in [7, 11) is 0. The maximum absolute atomic E-state index is 8.89. The summed E-state index contributed by atoms with van der Waals surface area (Å²) in [5.74, 6) is 0.897. The highest BCUT2D eigenvalue weighted by atomic mass is 79.9. The number of benzene rings is 1. The largest absolute Gasteiger partial charge is 0.437 e. The van der Waals surface area contributed by atoms with Crippen molar-refractivity contribution in [2.24, 2.45) is 0 Å². The summed E-state index contributed by atoms with van der Waals surface area (Å²) in [6, 6.07) is 9.22. The van der Waals surface area contributed by atoms with Crippen molar-refractivity contribution in [2.75, 3.05) is 5.73 Å². The Labute approximate surface area is 113 Å². The number of halogens is 1. The molecule has 0 saturated heterocycles. The van der Waals surface area contributed by atoms with Gasteiger partial charge in [0.1, 0.15) is 17.5 Å². The van der Waals surface area contributed by atoms with Crippen LogP contribution in [0.3, 0.4) is 0 Å². The molecule has 0 bridgehead atoms. The van der Waals surface area contributed by atoms with Gasteiger partial charge in [0.2, 0.25) is 5.88 Å². The Morgan fingerprint density at radius 1 is 1.39 bits per heavy atom. The molecule has 0 radical (unpaired) electrons. The number of hydrogen-bond acceptors (Lipinski definition) is 4. The van der Waals surface area contributed by atoms with Gasteiger partial charge < -0.3 is 10.5 Å². The van der Waals surface area contributed by atoms with Crippen LogP contribution in [0, 0.1) is 18.3 Å². The highest BCUT2D eigenvalue weighted by Crippen LogP contribution is 2.31. The van der Waals surface area contributed by atoms with E-state index in [0.29, 0.717) is 11.3 Å². The minimum absolute atomic E-state index is 0.246. The van der Waals surface area contributed by atoms with Crippen LogP contribution in [0.25, 0.3) is 0 Å². The lowest BCUT2D eigenvalue weighted by atomic mass is 10.2. The Balaban J connectivity index is 2.41. The zero-order valence-electron chi connectivity index (χ0n) is 9.64. The van der Waals surface area contributed by atoms with Crippen LogP contribution in [-0.4, -0.2) is 4.98 Å². The molecule has 90 valence electrons. The molecule has 0 amide bonds. The molecule has 0 aliphatic heterocycles. The number of nitrogen functional groups attached to an aromatic ring is 1. The van der Waals surface area contributed by atoms with E-state index in [0.717, 1.165) is 10.0 Å². The average molecular weight is 304 g/mol. The summed E-state index contributed by atoms with van der Waals surface area (Å²) >= 11 is 3.37. The van der Waals surface area contributed by atoms with Gasteiger partial charge in [-0.15, -0.1) is 0 Å².